The molecule has 2 amide bonds. The first kappa shape index (κ1) is 38.0. The van der Waals surface area contributed by atoms with Crippen molar-refractivity contribution in [2.45, 2.75) is 123 Å². The fraction of sp³-hybridized carbons (Fsp3) is 0.703. The molecular formula is C37H47F5N4O6. The second-order valence-corrected chi connectivity index (χ2v) is 16.2. The minimum atomic E-state index is -5.00. The predicted octanol–water partition coefficient (Wildman–Crippen LogP) is 7.57. The Kier molecular flexibility index (Phi) is 10.1. The number of hydrogen-bond acceptors (Lipinski definition) is 8. The molecule has 8 unspecified atom stereocenters. The van der Waals surface area contributed by atoms with E-state index in [2.05, 4.69) is 20.0 Å². The number of alkyl carbamates (subject to hydrolysis) is 1. The fourth-order valence-electron chi connectivity index (χ4n) is 8.40. The summed E-state index contributed by atoms with van der Waals surface area (Å²) in [4.78, 5) is 51.7. The Bertz CT molecular complexity index is 1700. The van der Waals surface area contributed by atoms with Gasteiger partial charge in [0.1, 0.15) is 24.0 Å². The van der Waals surface area contributed by atoms with Gasteiger partial charge in [-0.25, -0.2) is 14.8 Å². The molecule has 8 atom stereocenters. The Morgan fingerprint density at radius 2 is 1.77 bits per heavy atom. The van der Waals surface area contributed by atoms with Gasteiger partial charge in [-0.15, -0.1) is 13.2 Å². The maximum atomic E-state index is 16.3. The van der Waals surface area contributed by atoms with Crippen LogP contribution in [-0.4, -0.2) is 69.9 Å². The monoisotopic (exact) mass is 738 g/mol. The van der Waals surface area contributed by atoms with Crippen LogP contribution in [0.5, 0.6) is 11.6 Å². The van der Waals surface area contributed by atoms with Crippen LogP contribution in [0.15, 0.2) is 18.2 Å². The van der Waals surface area contributed by atoms with Crippen molar-refractivity contribution in [3.63, 3.8) is 0 Å². The molecule has 10 nitrogen and oxygen atoms in total. The summed E-state index contributed by atoms with van der Waals surface area (Å²) >= 11 is 0. The van der Waals surface area contributed by atoms with Gasteiger partial charge in [-0.1, -0.05) is 48.0 Å². The van der Waals surface area contributed by atoms with Crippen LogP contribution >= 0.6 is 0 Å². The van der Waals surface area contributed by atoms with Gasteiger partial charge in [0.15, 0.2) is 11.5 Å². The molecule has 3 heterocycles. The third-order valence-corrected chi connectivity index (χ3v) is 11.1. The van der Waals surface area contributed by atoms with Gasteiger partial charge >= 0.3 is 12.5 Å². The molecule has 1 aromatic heterocycles. The zero-order valence-corrected chi connectivity index (χ0v) is 30.3. The van der Waals surface area contributed by atoms with Crippen LogP contribution < -0.4 is 14.8 Å². The Balaban J connectivity index is 1.45. The zero-order valence-electron chi connectivity index (χ0n) is 30.3. The summed E-state index contributed by atoms with van der Waals surface area (Å²) in [6, 6.07) is 0.906. The van der Waals surface area contributed by atoms with Gasteiger partial charge in [-0.05, 0) is 67.4 Å². The van der Waals surface area contributed by atoms with Crippen molar-refractivity contribution < 1.29 is 50.5 Å². The van der Waals surface area contributed by atoms with E-state index in [-0.39, 0.29) is 35.7 Å². The highest BCUT2D eigenvalue weighted by Crippen LogP contribution is 2.58. The van der Waals surface area contributed by atoms with E-state index in [1.807, 2.05) is 0 Å². The Morgan fingerprint density at radius 3 is 2.42 bits per heavy atom. The molecule has 1 aromatic carbocycles. The van der Waals surface area contributed by atoms with Gasteiger partial charge < -0.3 is 24.4 Å². The first-order chi connectivity index (χ1) is 24.3. The number of hydrogen-bond donors (Lipinski definition) is 1. The summed E-state index contributed by atoms with van der Waals surface area (Å²) in [5.74, 6) is -6.04. The number of alkyl halides is 5. The van der Waals surface area contributed by atoms with Gasteiger partial charge in [0, 0.05) is 24.3 Å². The van der Waals surface area contributed by atoms with Crippen molar-refractivity contribution in [3.05, 3.63) is 23.9 Å². The Morgan fingerprint density at radius 1 is 1.04 bits per heavy atom. The third kappa shape index (κ3) is 7.78. The molecule has 4 aliphatic rings. The lowest BCUT2D eigenvalue weighted by atomic mass is 9.84. The van der Waals surface area contributed by atoms with E-state index >= 15 is 8.78 Å². The standard InChI is InChI=1S/C37H47F5N4O6/c1-7-21-27-17-46(28(21)29(47)18(2)3)33(48)31(35(4,5)6)45-34(49)51-26-15-19-14-23(19)22(26)10-8-9-13-36(38,39)30-32(50-27)44-25-16-20(52-37(40,41)42)11-12-24(25)43-30/h11-12,16,18-19,21-23,26-28,31H,7-10,13-15,17H2,1-6H3,(H,45,49). The molecule has 2 saturated carbocycles. The van der Waals surface area contributed by atoms with Crippen LogP contribution in [0.1, 0.15) is 92.2 Å². The Hall–Kier alpha value is -3.78. The molecular weight excluding hydrogens is 691 g/mol. The summed E-state index contributed by atoms with van der Waals surface area (Å²) < 4.78 is 88.0. The van der Waals surface area contributed by atoms with Crippen LogP contribution in [0.4, 0.5) is 26.7 Å². The van der Waals surface area contributed by atoms with Crippen molar-refractivity contribution >= 4 is 28.8 Å². The highest BCUT2D eigenvalue weighted by atomic mass is 19.4. The van der Waals surface area contributed by atoms with E-state index in [0.717, 1.165) is 24.6 Å². The average molecular weight is 739 g/mol. The van der Waals surface area contributed by atoms with Crippen LogP contribution in [0.2, 0.25) is 0 Å². The lowest BCUT2D eigenvalue weighted by molar-refractivity contribution is -0.274. The number of ether oxygens (including phenoxy) is 3. The summed E-state index contributed by atoms with van der Waals surface area (Å²) in [5.41, 5.74) is -1.86. The number of nitrogens with zero attached hydrogens (tertiary/aromatic N) is 3. The first-order valence-corrected chi connectivity index (χ1v) is 18.2. The number of fused-ring (bicyclic) bond motifs is 7. The first-order valence-electron chi connectivity index (χ1n) is 18.2. The molecule has 0 radical (unpaired) electrons. The molecule has 2 aliphatic heterocycles. The molecule has 2 aliphatic carbocycles. The van der Waals surface area contributed by atoms with E-state index < -0.39 is 89.6 Å². The molecule has 3 fully saturated rings. The lowest BCUT2D eigenvalue weighted by Crippen LogP contribution is -2.58. The molecule has 2 bridgehead atoms. The zero-order chi connectivity index (χ0) is 37.9. The minimum Gasteiger partial charge on any atom is -0.471 e. The second kappa shape index (κ2) is 13.9. The van der Waals surface area contributed by atoms with E-state index in [1.165, 1.54) is 4.90 Å². The number of nitrogens with one attached hydrogen (secondary N) is 1. The van der Waals surface area contributed by atoms with Crippen LogP contribution in [-0.2, 0) is 20.2 Å². The maximum Gasteiger partial charge on any atom is 0.573 e. The minimum absolute atomic E-state index is 0.00258. The van der Waals surface area contributed by atoms with Gasteiger partial charge in [0.25, 0.3) is 5.92 Å². The van der Waals surface area contributed by atoms with Gasteiger partial charge in [0.05, 0.1) is 23.6 Å². The van der Waals surface area contributed by atoms with Crippen molar-refractivity contribution in [2.24, 2.45) is 35.0 Å². The molecule has 15 heteroatoms. The number of amides is 2. The number of rotatable bonds is 4. The number of ketones is 1. The topological polar surface area (TPSA) is 120 Å². The largest absolute Gasteiger partial charge is 0.573 e. The molecule has 0 spiro atoms. The lowest BCUT2D eigenvalue weighted by Gasteiger charge is -2.36. The third-order valence-electron chi connectivity index (χ3n) is 11.1. The summed E-state index contributed by atoms with van der Waals surface area (Å²) in [5, 5.41) is 2.81. The smallest absolute Gasteiger partial charge is 0.471 e. The predicted molar refractivity (Wildman–Crippen MR) is 178 cm³/mol. The molecule has 1 saturated heterocycles. The molecule has 1 N–H and O–H groups in total. The number of carbonyl (C=O) groups is 3. The molecule has 2 aromatic rings. The van der Waals surface area contributed by atoms with Gasteiger partial charge in [0.2, 0.25) is 11.8 Å². The van der Waals surface area contributed by atoms with Crippen molar-refractivity contribution in [2.75, 3.05) is 6.54 Å². The molecule has 6 rings (SSSR count). The average Bonchev–Trinajstić information content (AvgIpc) is 3.58. The van der Waals surface area contributed by atoms with Crippen molar-refractivity contribution in [1.82, 2.24) is 20.2 Å². The highest BCUT2D eigenvalue weighted by molar-refractivity contribution is 5.94. The summed E-state index contributed by atoms with van der Waals surface area (Å²) in [6.07, 6.45) is -4.73. The van der Waals surface area contributed by atoms with Crippen LogP contribution in [0.25, 0.3) is 11.0 Å². The Labute approximate surface area is 299 Å². The van der Waals surface area contributed by atoms with E-state index in [4.69, 9.17) is 9.47 Å². The quantitative estimate of drug-likeness (QED) is 0.319. The van der Waals surface area contributed by atoms with Crippen molar-refractivity contribution in [3.8, 4) is 11.6 Å². The maximum absolute atomic E-state index is 16.3. The van der Waals surface area contributed by atoms with Gasteiger partial charge in [-0.2, -0.15) is 8.78 Å². The number of Topliss-reactive ketones (excluding diaryl/α,β-unsaturated/α-hetero) is 1. The normalized spacial score (nSPS) is 31.0. The van der Waals surface area contributed by atoms with Gasteiger partial charge in [-0.3, -0.25) is 9.59 Å². The van der Waals surface area contributed by atoms with E-state index in [9.17, 15) is 27.6 Å². The summed E-state index contributed by atoms with van der Waals surface area (Å²) in [7, 11) is 0. The molecule has 52 heavy (non-hydrogen) atoms. The summed E-state index contributed by atoms with van der Waals surface area (Å²) in [6.45, 7) is 10.3. The number of halogens is 5. The number of aromatic nitrogens is 2. The highest BCUT2D eigenvalue weighted by Gasteiger charge is 2.55. The van der Waals surface area contributed by atoms with E-state index in [0.29, 0.717) is 37.5 Å². The second-order valence-electron chi connectivity index (χ2n) is 16.2. The molecule has 286 valence electrons. The van der Waals surface area contributed by atoms with Crippen LogP contribution in [0, 0.1) is 35.0 Å². The SMILES string of the molecule is CCC1C2CN(C(=O)C(C(C)(C)C)NC(=O)OC3CC4CC4C3CCCCC(F)(F)c3nc4ccc(OC(F)(F)F)cc4nc3O2)C1C(=O)C(C)C. The van der Waals surface area contributed by atoms with Crippen molar-refractivity contribution in [1.29, 1.82) is 0 Å². The number of carbonyl (C=O) groups excluding carboxylic acids is 3. The van der Waals surface area contributed by atoms with Crippen LogP contribution in [0.3, 0.4) is 0 Å². The van der Waals surface area contributed by atoms with E-state index in [1.54, 1.807) is 41.5 Å². The number of benzene rings is 1. The fourth-order valence-corrected chi connectivity index (χ4v) is 8.40.